The zero-order valence-corrected chi connectivity index (χ0v) is 3.27. The summed E-state index contributed by atoms with van der Waals surface area (Å²) in [6, 6.07) is 0. The molecule has 1 radical (unpaired) electrons. The number of quaternary nitrogens is 1. The van der Waals surface area contributed by atoms with E-state index >= 15 is 0 Å². The molecular formula is H4FeNO2. The molecule has 0 amide bonds. The Morgan fingerprint density at radius 3 is 0.750 bits per heavy atom. The van der Waals surface area contributed by atoms with Crippen LogP contribution in [0.2, 0.25) is 0 Å². The Morgan fingerprint density at radius 1 is 0.750 bits per heavy atom. The molecule has 0 bridgehead atoms. The van der Waals surface area contributed by atoms with Gasteiger partial charge in [0, 0.05) is 0 Å². The minimum absolute atomic E-state index is 0. The molecule has 0 aliphatic heterocycles. The van der Waals surface area contributed by atoms with Crippen molar-refractivity contribution in [1.82, 2.24) is 6.15 Å². The molecule has 0 atom stereocenters. The standard InChI is InChI=1S/Fe.H3N.2O/h;1H3;;/q+3;;2*-2/p+1. The molecule has 3 nitrogen and oxygen atoms in total. The van der Waals surface area contributed by atoms with Crippen LogP contribution in [-0.2, 0) is 28.0 Å². The second kappa shape index (κ2) is 123. The van der Waals surface area contributed by atoms with Crippen LogP contribution < -0.4 is 6.15 Å². The van der Waals surface area contributed by atoms with E-state index in [9.17, 15) is 0 Å². The maximum atomic E-state index is 0. The quantitative estimate of drug-likeness (QED) is 0.425. The summed E-state index contributed by atoms with van der Waals surface area (Å²) in [6.45, 7) is 0. The van der Waals surface area contributed by atoms with Gasteiger partial charge in [-0.2, -0.15) is 0 Å². The molecule has 0 heterocycles. The topological polar surface area (TPSA) is 93.5 Å². The number of hydrogen-bond donors (Lipinski definition) is 1. The SMILES string of the molecule is [Fe+3].[NH4+].[O-2].[O-2]. The van der Waals surface area contributed by atoms with Crippen molar-refractivity contribution >= 4 is 0 Å². The molecule has 0 aromatic rings. The Morgan fingerprint density at radius 2 is 0.750 bits per heavy atom. The Balaban J connectivity index is 0. The smallest absolute Gasteiger partial charge is 2.00 e. The summed E-state index contributed by atoms with van der Waals surface area (Å²) in [6.07, 6.45) is 0. The second-order valence-electron chi connectivity index (χ2n) is 0. The van der Waals surface area contributed by atoms with Crippen LogP contribution in [-0.4, -0.2) is 0 Å². The molecule has 4 heteroatoms. The van der Waals surface area contributed by atoms with Crippen molar-refractivity contribution in [3.8, 4) is 0 Å². The molecule has 0 spiro atoms. The van der Waals surface area contributed by atoms with Crippen LogP contribution in [0.3, 0.4) is 0 Å². The van der Waals surface area contributed by atoms with Gasteiger partial charge in [0.25, 0.3) is 0 Å². The molecule has 0 aromatic heterocycles. The molecule has 4 N–H and O–H groups in total. The van der Waals surface area contributed by atoms with Crippen molar-refractivity contribution in [1.29, 1.82) is 0 Å². The Bertz CT molecular complexity index is 6.00. The normalized spacial score (nSPS) is 0. The summed E-state index contributed by atoms with van der Waals surface area (Å²) < 4.78 is 0. The third-order valence-corrected chi connectivity index (χ3v) is 0. The average Bonchev–Trinajstić information content (AvgIpc) is 0. The summed E-state index contributed by atoms with van der Waals surface area (Å²) in [5.41, 5.74) is 0. The molecule has 0 saturated heterocycles. The monoisotopic (exact) mass is 106 g/mol. The van der Waals surface area contributed by atoms with Gasteiger partial charge in [0.05, 0.1) is 0 Å². The summed E-state index contributed by atoms with van der Waals surface area (Å²) >= 11 is 0. The summed E-state index contributed by atoms with van der Waals surface area (Å²) in [7, 11) is 0. The van der Waals surface area contributed by atoms with Crippen LogP contribution in [0.1, 0.15) is 0 Å². The van der Waals surface area contributed by atoms with Crippen LogP contribution in [0.5, 0.6) is 0 Å². The van der Waals surface area contributed by atoms with Gasteiger partial charge in [-0.3, -0.25) is 0 Å². The zero-order chi connectivity index (χ0) is 0. The van der Waals surface area contributed by atoms with E-state index in [2.05, 4.69) is 0 Å². The molecule has 0 unspecified atom stereocenters. The van der Waals surface area contributed by atoms with Crippen LogP contribution in [0.15, 0.2) is 0 Å². The van der Waals surface area contributed by atoms with Crippen LogP contribution >= 0.6 is 0 Å². The fourth-order valence-electron chi connectivity index (χ4n) is 0. The first-order valence-corrected chi connectivity index (χ1v) is 0. The predicted molar refractivity (Wildman–Crippen MR) is 7.36 cm³/mol. The van der Waals surface area contributed by atoms with E-state index < -0.39 is 0 Å². The van der Waals surface area contributed by atoms with Crippen LogP contribution in [0, 0.1) is 0 Å². The molecule has 0 aromatic carbocycles. The van der Waals surface area contributed by atoms with E-state index in [4.69, 9.17) is 0 Å². The summed E-state index contributed by atoms with van der Waals surface area (Å²) in [5.74, 6) is 0. The predicted octanol–water partition coefficient (Wildman–Crippen LogP) is 0.136. The molecule has 0 rings (SSSR count). The van der Waals surface area contributed by atoms with Gasteiger partial charge < -0.3 is 17.1 Å². The maximum Gasteiger partial charge on any atom is 3.00 e. The van der Waals surface area contributed by atoms with Gasteiger partial charge in [0.15, 0.2) is 0 Å². The van der Waals surface area contributed by atoms with Crippen molar-refractivity contribution in [2.75, 3.05) is 0 Å². The first-order chi connectivity index (χ1) is 0. The second-order valence-corrected chi connectivity index (χ2v) is 0. The van der Waals surface area contributed by atoms with Crippen molar-refractivity contribution in [2.45, 2.75) is 0 Å². The Hall–Kier alpha value is 0.399. The fourth-order valence-corrected chi connectivity index (χ4v) is 0. The average molecular weight is 106 g/mol. The van der Waals surface area contributed by atoms with Gasteiger partial charge in [0.1, 0.15) is 0 Å². The first-order valence-electron chi connectivity index (χ1n) is 0. The van der Waals surface area contributed by atoms with Gasteiger partial charge in [-0.25, -0.2) is 0 Å². The van der Waals surface area contributed by atoms with Crippen LogP contribution in [0.25, 0.3) is 0 Å². The third kappa shape index (κ3) is 29.4. The van der Waals surface area contributed by atoms with Crippen molar-refractivity contribution in [3.63, 3.8) is 0 Å². The van der Waals surface area contributed by atoms with Gasteiger partial charge in [-0.05, 0) is 0 Å². The van der Waals surface area contributed by atoms with E-state index in [1.165, 1.54) is 0 Å². The van der Waals surface area contributed by atoms with E-state index in [0.29, 0.717) is 0 Å². The maximum absolute atomic E-state index is 0. The van der Waals surface area contributed by atoms with Gasteiger partial charge in [0.2, 0.25) is 0 Å². The molecule has 0 saturated carbocycles. The Labute approximate surface area is 35.1 Å². The van der Waals surface area contributed by atoms with Crippen molar-refractivity contribution in [2.24, 2.45) is 0 Å². The molecular weight excluding hydrogens is 102 g/mol. The van der Waals surface area contributed by atoms with Gasteiger partial charge in [-0.15, -0.1) is 0 Å². The molecule has 29 valence electrons. The minimum Gasteiger partial charge on any atom is -2.00 e. The molecule has 0 fully saturated rings. The largest absolute Gasteiger partial charge is 3.00 e. The zero-order valence-electron chi connectivity index (χ0n) is 2.17. The number of hydrogen-bond acceptors (Lipinski definition) is 0. The van der Waals surface area contributed by atoms with E-state index in [0.717, 1.165) is 0 Å². The van der Waals surface area contributed by atoms with Crippen molar-refractivity contribution in [3.05, 3.63) is 0 Å². The Kier molecular flexibility index (Phi) is 9770. The van der Waals surface area contributed by atoms with E-state index in [1.807, 2.05) is 0 Å². The number of rotatable bonds is 0. The van der Waals surface area contributed by atoms with Gasteiger partial charge >= 0.3 is 17.1 Å². The first kappa shape index (κ1) is 319. The van der Waals surface area contributed by atoms with Crippen LogP contribution in [0.4, 0.5) is 0 Å². The summed E-state index contributed by atoms with van der Waals surface area (Å²) in [5, 5.41) is 0. The van der Waals surface area contributed by atoms with Crippen molar-refractivity contribution < 1.29 is 28.0 Å². The molecule has 0 aliphatic rings. The third-order valence-electron chi connectivity index (χ3n) is 0. The van der Waals surface area contributed by atoms with E-state index in [1.54, 1.807) is 0 Å². The summed E-state index contributed by atoms with van der Waals surface area (Å²) in [4.78, 5) is 0. The minimum atomic E-state index is 0. The molecule has 0 aliphatic carbocycles. The van der Waals surface area contributed by atoms with E-state index in [-0.39, 0.29) is 34.2 Å². The molecule has 4 heavy (non-hydrogen) atoms. The fraction of sp³-hybridized carbons (Fsp3) is 0. The van der Waals surface area contributed by atoms with Gasteiger partial charge in [-0.1, -0.05) is 0 Å².